The Kier molecular flexibility index (Phi) is 4.52. The normalized spacial score (nSPS) is 16.2. The summed E-state index contributed by atoms with van der Waals surface area (Å²) in [4.78, 5) is 19.8. The zero-order chi connectivity index (χ0) is 19.7. The molecule has 0 spiro atoms. The number of nitrogens with one attached hydrogen (secondary N) is 1. The molecule has 0 amide bonds. The highest BCUT2D eigenvalue weighted by molar-refractivity contribution is 5.70. The van der Waals surface area contributed by atoms with Gasteiger partial charge in [0.1, 0.15) is 5.69 Å². The second kappa shape index (κ2) is 7.01. The molecule has 1 aromatic carbocycles. The van der Waals surface area contributed by atoms with Gasteiger partial charge in [-0.25, -0.2) is 0 Å². The lowest BCUT2D eigenvalue weighted by molar-refractivity contribution is -0.383. The molecule has 144 valence electrons. The Hall–Kier alpha value is -3.33. The van der Waals surface area contributed by atoms with E-state index in [0.29, 0.717) is 17.1 Å². The summed E-state index contributed by atoms with van der Waals surface area (Å²) >= 11 is 0. The van der Waals surface area contributed by atoms with Gasteiger partial charge in [0.25, 0.3) is 11.6 Å². The number of rotatable bonds is 6. The van der Waals surface area contributed by atoms with Crippen molar-refractivity contribution in [2.24, 2.45) is 5.73 Å². The van der Waals surface area contributed by atoms with Crippen molar-refractivity contribution in [3.05, 3.63) is 64.2 Å². The highest BCUT2D eigenvalue weighted by Crippen LogP contribution is 2.38. The first-order valence-electron chi connectivity index (χ1n) is 9.06. The third-order valence-electron chi connectivity index (χ3n) is 5.06. The van der Waals surface area contributed by atoms with Crippen molar-refractivity contribution in [2.45, 2.75) is 37.8 Å². The predicted molar refractivity (Wildman–Crippen MR) is 102 cm³/mol. The smallest absolute Gasteiger partial charge is 0.293 e. The van der Waals surface area contributed by atoms with Crippen molar-refractivity contribution in [3.63, 3.8) is 0 Å². The average molecular weight is 380 g/mol. The second-order valence-corrected chi connectivity index (χ2v) is 7.04. The number of nitro groups is 1. The predicted octanol–water partition coefficient (Wildman–Crippen LogP) is 3.55. The largest absolute Gasteiger partial charge is 0.371 e. The van der Waals surface area contributed by atoms with E-state index in [-0.39, 0.29) is 17.6 Å². The van der Waals surface area contributed by atoms with E-state index in [4.69, 9.17) is 10.3 Å². The van der Waals surface area contributed by atoms with Gasteiger partial charge in [-0.15, -0.1) is 0 Å². The zero-order valence-electron chi connectivity index (χ0n) is 15.3. The molecule has 0 radical (unpaired) electrons. The van der Waals surface area contributed by atoms with Gasteiger partial charge in [-0.1, -0.05) is 11.2 Å². The third kappa shape index (κ3) is 3.31. The van der Waals surface area contributed by atoms with Gasteiger partial charge in [0.05, 0.1) is 22.2 Å². The number of nitro benzene ring substituents is 1. The van der Waals surface area contributed by atoms with Crippen LogP contribution in [-0.2, 0) is 5.54 Å². The summed E-state index contributed by atoms with van der Waals surface area (Å²) in [5, 5.41) is 18.7. The summed E-state index contributed by atoms with van der Waals surface area (Å²) in [5.74, 6) is 0.668. The summed E-state index contributed by atoms with van der Waals surface area (Å²) in [7, 11) is 0. The fraction of sp³-hybridized carbons (Fsp3) is 0.316. The molecule has 1 unspecified atom stereocenters. The quantitative estimate of drug-likeness (QED) is 0.490. The number of nitrogens with zero attached hydrogens (tertiary/aromatic N) is 4. The Morgan fingerprint density at radius 1 is 1.32 bits per heavy atom. The van der Waals surface area contributed by atoms with Gasteiger partial charge in [-0.2, -0.15) is 4.98 Å². The van der Waals surface area contributed by atoms with E-state index >= 15 is 0 Å². The molecule has 1 saturated carbocycles. The molecular formula is C19H20N6O3. The topological polar surface area (TPSA) is 133 Å². The fourth-order valence-electron chi connectivity index (χ4n) is 3.20. The summed E-state index contributed by atoms with van der Waals surface area (Å²) in [6.07, 6.45) is 4.33. The molecule has 3 aromatic rings. The van der Waals surface area contributed by atoms with Crippen molar-refractivity contribution < 1.29 is 9.45 Å². The third-order valence-corrected chi connectivity index (χ3v) is 5.06. The minimum Gasteiger partial charge on any atom is -0.371 e. The first-order chi connectivity index (χ1) is 13.5. The van der Waals surface area contributed by atoms with Crippen molar-refractivity contribution in [1.82, 2.24) is 15.1 Å². The number of benzene rings is 1. The van der Waals surface area contributed by atoms with Crippen LogP contribution in [0.25, 0.3) is 11.5 Å². The van der Waals surface area contributed by atoms with Gasteiger partial charge in [-0.05, 0) is 50.5 Å². The fourth-order valence-corrected chi connectivity index (χ4v) is 3.20. The van der Waals surface area contributed by atoms with Crippen LogP contribution in [0.5, 0.6) is 0 Å². The molecule has 1 atom stereocenters. The first-order valence-corrected chi connectivity index (χ1v) is 9.06. The first kappa shape index (κ1) is 18.1. The molecule has 2 aromatic heterocycles. The maximum Gasteiger partial charge on any atom is 0.293 e. The van der Waals surface area contributed by atoms with Crippen LogP contribution < -0.4 is 11.1 Å². The minimum absolute atomic E-state index is 0.0777. The molecule has 4 rings (SSSR count). The summed E-state index contributed by atoms with van der Waals surface area (Å²) < 4.78 is 5.30. The van der Waals surface area contributed by atoms with Crippen molar-refractivity contribution in [3.8, 4) is 11.5 Å². The highest BCUT2D eigenvalue weighted by Gasteiger charge is 2.39. The zero-order valence-corrected chi connectivity index (χ0v) is 15.3. The van der Waals surface area contributed by atoms with E-state index < -0.39 is 10.5 Å². The molecule has 28 heavy (non-hydrogen) atoms. The van der Waals surface area contributed by atoms with Crippen LogP contribution in [0.1, 0.15) is 43.7 Å². The van der Waals surface area contributed by atoms with Crippen molar-refractivity contribution in [1.29, 1.82) is 0 Å². The van der Waals surface area contributed by atoms with E-state index in [1.807, 2.05) is 25.1 Å². The van der Waals surface area contributed by atoms with Crippen molar-refractivity contribution >= 4 is 11.4 Å². The van der Waals surface area contributed by atoms with Gasteiger partial charge < -0.3 is 15.6 Å². The standard InChI is InChI=1S/C19H20N6O3/c1-12(14-5-2-3-10-21-14)22-15-7-6-13(11-16(15)25(26)27)17-23-18(24-28-17)19(20)8-4-9-19/h2-3,5-7,10-12,22H,4,8-9,20H2,1H3. The van der Waals surface area contributed by atoms with Crippen LogP contribution in [0.3, 0.4) is 0 Å². The SMILES string of the molecule is CC(Nc1ccc(-c2nc(C3(N)CCC3)no2)cc1[N+](=O)[O-])c1ccccn1. The molecule has 0 saturated heterocycles. The second-order valence-electron chi connectivity index (χ2n) is 7.04. The summed E-state index contributed by atoms with van der Waals surface area (Å²) in [5.41, 5.74) is 7.25. The van der Waals surface area contributed by atoms with E-state index in [1.54, 1.807) is 18.3 Å². The van der Waals surface area contributed by atoms with Crippen LogP contribution in [0.15, 0.2) is 47.1 Å². The Bertz CT molecular complexity index is 1000. The average Bonchev–Trinajstić information content (AvgIpc) is 3.17. The Morgan fingerprint density at radius 3 is 2.79 bits per heavy atom. The van der Waals surface area contributed by atoms with Crippen LogP contribution >= 0.6 is 0 Å². The Balaban J connectivity index is 1.61. The summed E-state index contributed by atoms with van der Waals surface area (Å²) in [6, 6.07) is 10.1. The van der Waals surface area contributed by atoms with Crippen LogP contribution in [0, 0.1) is 10.1 Å². The molecule has 1 aliphatic carbocycles. The molecule has 3 N–H and O–H groups in total. The van der Waals surface area contributed by atoms with Gasteiger partial charge in [0.2, 0.25) is 0 Å². The molecular weight excluding hydrogens is 360 g/mol. The maximum absolute atomic E-state index is 11.6. The number of hydrogen-bond acceptors (Lipinski definition) is 8. The van der Waals surface area contributed by atoms with Crippen LogP contribution in [0.4, 0.5) is 11.4 Å². The maximum atomic E-state index is 11.6. The van der Waals surface area contributed by atoms with Crippen molar-refractivity contribution in [2.75, 3.05) is 5.32 Å². The molecule has 9 nitrogen and oxygen atoms in total. The van der Waals surface area contributed by atoms with Gasteiger partial charge in [-0.3, -0.25) is 15.1 Å². The number of pyridine rings is 1. The molecule has 1 fully saturated rings. The monoisotopic (exact) mass is 380 g/mol. The van der Waals surface area contributed by atoms with E-state index in [9.17, 15) is 10.1 Å². The lowest BCUT2D eigenvalue weighted by atomic mass is 9.77. The van der Waals surface area contributed by atoms with E-state index in [1.165, 1.54) is 6.07 Å². The molecule has 1 aliphatic rings. The minimum atomic E-state index is -0.548. The van der Waals surface area contributed by atoms with E-state index in [0.717, 1.165) is 25.0 Å². The lowest BCUT2D eigenvalue weighted by Gasteiger charge is -2.34. The van der Waals surface area contributed by atoms with Gasteiger partial charge in [0, 0.05) is 17.8 Å². The number of aromatic nitrogens is 3. The molecule has 0 aliphatic heterocycles. The van der Waals surface area contributed by atoms with Gasteiger partial charge >= 0.3 is 0 Å². The Morgan fingerprint density at radius 2 is 2.14 bits per heavy atom. The number of anilines is 1. The summed E-state index contributed by atoms with van der Waals surface area (Å²) in [6.45, 7) is 1.89. The lowest BCUT2D eigenvalue weighted by Crippen LogP contribution is -2.44. The van der Waals surface area contributed by atoms with Crippen LogP contribution in [-0.4, -0.2) is 20.0 Å². The van der Waals surface area contributed by atoms with Gasteiger partial charge in [0.15, 0.2) is 5.82 Å². The highest BCUT2D eigenvalue weighted by atomic mass is 16.6. The molecule has 9 heteroatoms. The van der Waals surface area contributed by atoms with Crippen LogP contribution in [0.2, 0.25) is 0 Å². The van der Waals surface area contributed by atoms with E-state index in [2.05, 4.69) is 20.4 Å². The number of hydrogen-bond donors (Lipinski definition) is 2. The molecule has 2 heterocycles. The Labute approximate surface area is 161 Å². The number of nitrogens with two attached hydrogens (primary N) is 1. The molecule has 0 bridgehead atoms.